The van der Waals surface area contributed by atoms with Crippen LogP contribution in [0.5, 0.6) is 0 Å². The van der Waals surface area contributed by atoms with E-state index in [0.29, 0.717) is 34.8 Å². The van der Waals surface area contributed by atoms with Crippen molar-refractivity contribution in [1.29, 1.82) is 0 Å². The van der Waals surface area contributed by atoms with E-state index in [4.69, 9.17) is 9.47 Å². The lowest BCUT2D eigenvalue weighted by molar-refractivity contribution is -0.116. The van der Waals surface area contributed by atoms with E-state index < -0.39 is 0 Å². The van der Waals surface area contributed by atoms with Crippen LogP contribution in [0.4, 0.5) is 0 Å². The fourth-order valence-electron chi connectivity index (χ4n) is 8.90. The molecule has 0 heterocycles. The van der Waals surface area contributed by atoms with Gasteiger partial charge in [0.05, 0.1) is 11.1 Å². The van der Waals surface area contributed by atoms with Crippen LogP contribution in [0.1, 0.15) is 85.9 Å². The summed E-state index contributed by atoms with van der Waals surface area (Å²) >= 11 is 0. The van der Waals surface area contributed by atoms with Crippen molar-refractivity contribution in [3.63, 3.8) is 0 Å². The van der Waals surface area contributed by atoms with Crippen molar-refractivity contribution >= 4 is 11.9 Å². The highest BCUT2D eigenvalue weighted by molar-refractivity contribution is 5.89. The smallest absolute Gasteiger partial charge is 0.338 e. The molecular formula is C34H40O4. The van der Waals surface area contributed by atoms with Crippen molar-refractivity contribution in [2.24, 2.45) is 34.5 Å². The van der Waals surface area contributed by atoms with E-state index in [1.807, 2.05) is 60.7 Å². The SMILES string of the molecule is C=C1C[C@H]2C[C@@H](OC(=O)c3ccccc3)CC[C@]2(C)[C@@H]2CC[C@]3(C)[C@@H](OC(=O)c4ccccc4)CC[C@H]3[C@@H]12. The van der Waals surface area contributed by atoms with E-state index in [0.717, 1.165) is 51.4 Å². The molecule has 4 fully saturated rings. The Balaban J connectivity index is 1.15. The van der Waals surface area contributed by atoms with Gasteiger partial charge < -0.3 is 9.47 Å². The molecular weight excluding hydrogens is 472 g/mol. The van der Waals surface area contributed by atoms with Gasteiger partial charge in [-0.2, -0.15) is 0 Å². The van der Waals surface area contributed by atoms with Crippen molar-refractivity contribution in [3.8, 4) is 0 Å². The van der Waals surface area contributed by atoms with E-state index in [-0.39, 0.29) is 35.0 Å². The summed E-state index contributed by atoms with van der Waals surface area (Å²) in [4.78, 5) is 25.7. The maximum absolute atomic E-state index is 12.9. The number of carbonyl (C=O) groups excluding carboxylic acids is 2. The van der Waals surface area contributed by atoms with Crippen LogP contribution in [0.25, 0.3) is 0 Å². The molecule has 4 aliphatic carbocycles. The van der Waals surface area contributed by atoms with Crippen LogP contribution in [0, 0.1) is 34.5 Å². The lowest BCUT2D eigenvalue weighted by Crippen LogP contribution is -2.55. The summed E-state index contributed by atoms with van der Waals surface area (Å²) in [6.07, 6.45) is 8.18. The van der Waals surface area contributed by atoms with E-state index in [9.17, 15) is 9.59 Å². The maximum atomic E-state index is 12.9. The number of hydrogen-bond donors (Lipinski definition) is 0. The van der Waals surface area contributed by atoms with Crippen molar-refractivity contribution < 1.29 is 19.1 Å². The lowest BCUT2D eigenvalue weighted by Gasteiger charge is -2.61. The van der Waals surface area contributed by atoms with Crippen LogP contribution >= 0.6 is 0 Å². The summed E-state index contributed by atoms with van der Waals surface area (Å²) in [5.41, 5.74) is 2.88. The van der Waals surface area contributed by atoms with Crippen LogP contribution < -0.4 is 0 Å². The standard InChI is InChI=1S/C34H40O4/c1-22-20-25-21-26(37-31(35)23-10-6-4-7-11-23)16-18-33(25,2)28-17-19-34(3)27(30(22)28)14-15-29(34)38-32(36)24-12-8-5-9-13-24/h4-13,25-30H,1,14-21H2,2-3H3/t25-,26-,27-,28+,29-,30+,33-,34-/m0/s1. The monoisotopic (exact) mass is 512 g/mol. The van der Waals surface area contributed by atoms with Gasteiger partial charge in [-0.15, -0.1) is 0 Å². The molecule has 4 nitrogen and oxygen atoms in total. The summed E-state index contributed by atoms with van der Waals surface area (Å²) in [6, 6.07) is 18.7. The predicted octanol–water partition coefficient (Wildman–Crippen LogP) is 7.65. The number of rotatable bonds is 4. The number of hydrogen-bond acceptors (Lipinski definition) is 4. The number of allylic oxidation sites excluding steroid dienone is 1. The molecule has 2 aromatic carbocycles. The molecule has 0 amide bonds. The second kappa shape index (κ2) is 9.70. The second-order valence-electron chi connectivity index (χ2n) is 12.9. The van der Waals surface area contributed by atoms with E-state index in [2.05, 4.69) is 20.4 Å². The Morgan fingerprint density at radius 1 is 0.763 bits per heavy atom. The van der Waals surface area contributed by atoms with Crippen LogP contribution in [-0.4, -0.2) is 24.1 Å². The third-order valence-corrected chi connectivity index (χ3v) is 11.0. The number of ether oxygens (including phenoxy) is 2. The highest BCUT2D eigenvalue weighted by atomic mass is 16.5. The largest absolute Gasteiger partial charge is 0.459 e. The number of esters is 2. The maximum Gasteiger partial charge on any atom is 0.338 e. The van der Waals surface area contributed by atoms with Crippen molar-refractivity contribution in [3.05, 3.63) is 83.9 Å². The topological polar surface area (TPSA) is 52.6 Å². The molecule has 0 aliphatic heterocycles. The zero-order chi connectivity index (χ0) is 26.5. The molecule has 200 valence electrons. The first kappa shape index (κ1) is 25.4. The molecule has 4 heteroatoms. The van der Waals surface area contributed by atoms with Gasteiger partial charge in [0.2, 0.25) is 0 Å². The Bertz CT molecular complexity index is 1210. The first-order valence-electron chi connectivity index (χ1n) is 14.5. The first-order valence-corrected chi connectivity index (χ1v) is 14.5. The van der Waals surface area contributed by atoms with Gasteiger partial charge in [0.15, 0.2) is 0 Å². The summed E-state index contributed by atoms with van der Waals surface area (Å²) in [5.74, 6) is 1.68. The van der Waals surface area contributed by atoms with Gasteiger partial charge in [-0.05, 0) is 105 Å². The lowest BCUT2D eigenvalue weighted by atomic mass is 9.44. The molecule has 0 aromatic heterocycles. The molecule has 2 aromatic rings. The minimum absolute atomic E-state index is 0.000158. The third kappa shape index (κ3) is 4.21. The minimum Gasteiger partial charge on any atom is -0.459 e. The molecule has 38 heavy (non-hydrogen) atoms. The summed E-state index contributed by atoms with van der Waals surface area (Å²) < 4.78 is 12.2. The molecule has 0 N–H and O–H groups in total. The van der Waals surface area contributed by atoms with Crippen LogP contribution in [0.2, 0.25) is 0 Å². The average Bonchev–Trinajstić information content (AvgIpc) is 3.26. The van der Waals surface area contributed by atoms with Crippen LogP contribution in [0.3, 0.4) is 0 Å². The van der Waals surface area contributed by atoms with Crippen LogP contribution in [0.15, 0.2) is 72.8 Å². The number of fused-ring (bicyclic) bond motifs is 5. The fourth-order valence-corrected chi connectivity index (χ4v) is 8.90. The molecule has 6 rings (SSSR count). The Morgan fingerprint density at radius 3 is 2.00 bits per heavy atom. The van der Waals surface area contributed by atoms with E-state index in [1.165, 1.54) is 5.57 Å². The number of carbonyl (C=O) groups is 2. The van der Waals surface area contributed by atoms with Gasteiger partial charge in [-0.25, -0.2) is 9.59 Å². The minimum atomic E-state index is -0.206. The summed E-state index contributed by atoms with van der Waals surface area (Å²) in [5, 5.41) is 0. The van der Waals surface area contributed by atoms with Gasteiger partial charge in [0.25, 0.3) is 0 Å². The first-order chi connectivity index (χ1) is 18.3. The normalized spacial score (nSPS) is 37.9. The van der Waals surface area contributed by atoms with Gasteiger partial charge in [-0.3, -0.25) is 0 Å². The van der Waals surface area contributed by atoms with Crippen LogP contribution in [-0.2, 0) is 9.47 Å². The Morgan fingerprint density at radius 2 is 1.34 bits per heavy atom. The number of benzene rings is 2. The zero-order valence-corrected chi connectivity index (χ0v) is 22.7. The highest BCUT2D eigenvalue weighted by Gasteiger charge is 2.62. The fraction of sp³-hybridized carbons (Fsp3) is 0.529. The molecule has 0 spiro atoms. The molecule has 0 bridgehead atoms. The zero-order valence-electron chi connectivity index (χ0n) is 22.7. The summed E-state index contributed by atoms with van der Waals surface area (Å²) in [6.45, 7) is 9.53. The van der Waals surface area contributed by atoms with E-state index >= 15 is 0 Å². The average molecular weight is 513 g/mol. The Labute approximate surface area is 226 Å². The molecule has 0 radical (unpaired) electrons. The van der Waals surface area contributed by atoms with Gasteiger partial charge in [0.1, 0.15) is 12.2 Å². The summed E-state index contributed by atoms with van der Waals surface area (Å²) in [7, 11) is 0. The van der Waals surface area contributed by atoms with E-state index in [1.54, 1.807) is 0 Å². The Kier molecular flexibility index (Phi) is 6.48. The van der Waals surface area contributed by atoms with Crippen molar-refractivity contribution in [2.45, 2.75) is 77.4 Å². The van der Waals surface area contributed by atoms with Gasteiger partial charge in [0, 0.05) is 5.41 Å². The molecule has 4 saturated carbocycles. The molecule has 8 atom stereocenters. The molecule has 0 saturated heterocycles. The van der Waals surface area contributed by atoms with Crippen molar-refractivity contribution in [1.82, 2.24) is 0 Å². The predicted molar refractivity (Wildman–Crippen MR) is 148 cm³/mol. The highest BCUT2D eigenvalue weighted by Crippen LogP contribution is 2.67. The Hall–Kier alpha value is -2.88. The van der Waals surface area contributed by atoms with Gasteiger partial charge in [-0.1, -0.05) is 62.4 Å². The van der Waals surface area contributed by atoms with Crippen molar-refractivity contribution in [2.75, 3.05) is 0 Å². The molecule has 0 unspecified atom stereocenters. The second-order valence-corrected chi connectivity index (χ2v) is 12.9. The third-order valence-electron chi connectivity index (χ3n) is 11.0. The van der Waals surface area contributed by atoms with Gasteiger partial charge >= 0.3 is 11.9 Å². The quantitative estimate of drug-likeness (QED) is 0.312. The molecule has 4 aliphatic rings.